The van der Waals surface area contributed by atoms with Gasteiger partial charge in [-0.2, -0.15) is 0 Å². The van der Waals surface area contributed by atoms with E-state index in [9.17, 15) is 4.79 Å². The molecule has 98 valence electrons. The number of rotatable bonds is 5. The first-order chi connectivity index (χ1) is 8.75. The Hall–Kier alpha value is -1.07. The van der Waals surface area contributed by atoms with E-state index >= 15 is 0 Å². The molecule has 1 fully saturated rings. The van der Waals surface area contributed by atoms with Gasteiger partial charge in [-0.05, 0) is 37.1 Å². The van der Waals surface area contributed by atoms with Gasteiger partial charge in [-0.15, -0.1) is 0 Å². The molecular weight excluding hydrogens is 298 g/mol. The van der Waals surface area contributed by atoms with E-state index in [4.69, 9.17) is 9.47 Å². The second-order valence-corrected chi connectivity index (χ2v) is 5.01. The van der Waals surface area contributed by atoms with Crippen molar-refractivity contribution in [3.8, 4) is 5.75 Å². The predicted octanol–water partition coefficient (Wildman–Crippen LogP) is 2.12. The number of carbonyl (C=O) groups excluding carboxylic acids is 1. The number of ether oxygens (including phenoxy) is 2. The van der Waals surface area contributed by atoms with Crippen LogP contribution in [0.5, 0.6) is 5.75 Å². The predicted molar refractivity (Wildman–Crippen MR) is 71.6 cm³/mol. The molecule has 0 spiro atoms. The third-order valence-corrected chi connectivity index (χ3v) is 3.23. The third kappa shape index (κ3) is 3.99. The molecule has 5 heteroatoms. The Morgan fingerprint density at radius 3 is 2.89 bits per heavy atom. The summed E-state index contributed by atoms with van der Waals surface area (Å²) in [6.45, 7) is 1.64. The molecule has 1 aromatic rings. The summed E-state index contributed by atoms with van der Waals surface area (Å²) in [6, 6.07) is 7.60. The maximum absolute atomic E-state index is 11.6. The molecule has 1 N–H and O–H groups in total. The maximum Gasteiger partial charge on any atom is 0.249 e. The van der Waals surface area contributed by atoms with E-state index in [0.29, 0.717) is 19.8 Å². The van der Waals surface area contributed by atoms with Crippen LogP contribution in [0.15, 0.2) is 28.7 Å². The van der Waals surface area contributed by atoms with Gasteiger partial charge in [-0.25, -0.2) is 0 Å². The lowest BCUT2D eigenvalue weighted by molar-refractivity contribution is -0.130. The van der Waals surface area contributed by atoms with Crippen molar-refractivity contribution in [1.82, 2.24) is 5.32 Å². The Bertz CT molecular complexity index is 388. The van der Waals surface area contributed by atoms with Crippen molar-refractivity contribution in [3.05, 3.63) is 28.7 Å². The molecule has 0 radical (unpaired) electrons. The number of nitrogens with one attached hydrogen (secondary N) is 1. The summed E-state index contributed by atoms with van der Waals surface area (Å²) < 4.78 is 11.8. The van der Waals surface area contributed by atoms with E-state index in [1.165, 1.54) is 0 Å². The Morgan fingerprint density at radius 2 is 2.22 bits per heavy atom. The van der Waals surface area contributed by atoms with Crippen LogP contribution in [0.2, 0.25) is 0 Å². The lowest BCUT2D eigenvalue weighted by atomic mass is 10.2. The largest absolute Gasteiger partial charge is 0.492 e. The number of benzene rings is 1. The summed E-state index contributed by atoms with van der Waals surface area (Å²) >= 11 is 3.36. The van der Waals surface area contributed by atoms with E-state index in [-0.39, 0.29) is 12.0 Å². The highest BCUT2D eigenvalue weighted by molar-refractivity contribution is 9.10. The molecule has 1 aliphatic rings. The standard InChI is InChI=1S/C13H16BrNO3/c14-10-3-5-11(6-4-10)17-9-7-15-13(16)12-2-1-8-18-12/h3-6,12H,1-2,7-9H2,(H,15,16). The Balaban J connectivity index is 1.63. The first kappa shape index (κ1) is 13.4. The van der Waals surface area contributed by atoms with Crippen LogP contribution in [-0.4, -0.2) is 31.8 Å². The molecule has 1 aliphatic heterocycles. The molecule has 0 aliphatic carbocycles. The molecule has 1 atom stereocenters. The van der Waals surface area contributed by atoms with Crippen molar-refractivity contribution in [1.29, 1.82) is 0 Å². The van der Waals surface area contributed by atoms with E-state index in [0.717, 1.165) is 23.1 Å². The summed E-state index contributed by atoms with van der Waals surface area (Å²) in [4.78, 5) is 11.6. The summed E-state index contributed by atoms with van der Waals surface area (Å²) in [5.41, 5.74) is 0. The average Bonchev–Trinajstić information content (AvgIpc) is 2.90. The number of hydrogen-bond acceptors (Lipinski definition) is 3. The lowest BCUT2D eigenvalue weighted by Crippen LogP contribution is -2.36. The minimum absolute atomic E-state index is 0.0353. The van der Waals surface area contributed by atoms with Crippen molar-refractivity contribution in [2.45, 2.75) is 18.9 Å². The monoisotopic (exact) mass is 313 g/mol. The first-order valence-corrected chi connectivity index (χ1v) is 6.83. The zero-order valence-corrected chi connectivity index (χ0v) is 11.6. The second-order valence-electron chi connectivity index (χ2n) is 4.10. The van der Waals surface area contributed by atoms with Gasteiger partial charge >= 0.3 is 0 Å². The van der Waals surface area contributed by atoms with Crippen LogP contribution in [0.25, 0.3) is 0 Å². The lowest BCUT2D eigenvalue weighted by Gasteiger charge is -2.11. The van der Waals surface area contributed by atoms with Gasteiger partial charge in [-0.3, -0.25) is 4.79 Å². The smallest absolute Gasteiger partial charge is 0.249 e. The van der Waals surface area contributed by atoms with Crippen LogP contribution < -0.4 is 10.1 Å². The van der Waals surface area contributed by atoms with E-state index in [1.807, 2.05) is 24.3 Å². The van der Waals surface area contributed by atoms with Crippen LogP contribution in [0.4, 0.5) is 0 Å². The average molecular weight is 314 g/mol. The van der Waals surface area contributed by atoms with Crippen molar-refractivity contribution in [2.24, 2.45) is 0 Å². The number of hydrogen-bond donors (Lipinski definition) is 1. The molecule has 0 bridgehead atoms. The van der Waals surface area contributed by atoms with Crippen molar-refractivity contribution >= 4 is 21.8 Å². The summed E-state index contributed by atoms with van der Waals surface area (Å²) in [5, 5.41) is 2.81. The highest BCUT2D eigenvalue weighted by Gasteiger charge is 2.22. The fraction of sp³-hybridized carbons (Fsp3) is 0.462. The van der Waals surface area contributed by atoms with Crippen molar-refractivity contribution in [2.75, 3.05) is 19.8 Å². The number of amides is 1. The van der Waals surface area contributed by atoms with Gasteiger partial charge in [0.2, 0.25) is 5.91 Å². The minimum atomic E-state index is -0.266. The Morgan fingerprint density at radius 1 is 1.44 bits per heavy atom. The van der Waals surface area contributed by atoms with Gasteiger partial charge in [0.15, 0.2) is 0 Å². The zero-order chi connectivity index (χ0) is 12.8. The van der Waals surface area contributed by atoms with Crippen LogP contribution in [0.1, 0.15) is 12.8 Å². The van der Waals surface area contributed by atoms with Crippen LogP contribution in [-0.2, 0) is 9.53 Å². The van der Waals surface area contributed by atoms with E-state index < -0.39 is 0 Å². The van der Waals surface area contributed by atoms with Gasteiger partial charge in [0, 0.05) is 11.1 Å². The molecule has 1 aromatic carbocycles. The molecule has 1 amide bonds. The highest BCUT2D eigenvalue weighted by Crippen LogP contribution is 2.15. The second kappa shape index (κ2) is 6.75. The zero-order valence-electron chi connectivity index (χ0n) is 10.0. The molecule has 1 unspecified atom stereocenters. The number of carbonyl (C=O) groups is 1. The fourth-order valence-electron chi connectivity index (χ4n) is 1.77. The van der Waals surface area contributed by atoms with Crippen LogP contribution in [0, 0.1) is 0 Å². The molecule has 0 aromatic heterocycles. The SMILES string of the molecule is O=C(NCCOc1ccc(Br)cc1)C1CCCO1. The van der Waals surface area contributed by atoms with Gasteiger partial charge in [0.1, 0.15) is 18.5 Å². The molecule has 0 saturated carbocycles. The summed E-state index contributed by atoms with van der Waals surface area (Å²) in [5.74, 6) is 0.761. The summed E-state index contributed by atoms with van der Waals surface area (Å²) in [6.07, 6.45) is 1.52. The molecule has 2 rings (SSSR count). The molecule has 1 saturated heterocycles. The normalized spacial score (nSPS) is 18.6. The quantitative estimate of drug-likeness (QED) is 0.847. The van der Waals surface area contributed by atoms with E-state index in [2.05, 4.69) is 21.2 Å². The van der Waals surface area contributed by atoms with Gasteiger partial charge in [0.25, 0.3) is 0 Å². The topological polar surface area (TPSA) is 47.6 Å². The number of halogens is 1. The highest BCUT2D eigenvalue weighted by atomic mass is 79.9. The van der Waals surface area contributed by atoms with Gasteiger partial charge in [0.05, 0.1) is 6.54 Å². The first-order valence-electron chi connectivity index (χ1n) is 6.03. The molecule has 4 nitrogen and oxygen atoms in total. The van der Waals surface area contributed by atoms with Crippen molar-refractivity contribution in [3.63, 3.8) is 0 Å². The fourth-order valence-corrected chi connectivity index (χ4v) is 2.04. The molecule has 1 heterocycles. The van der Waals surface area contributed by atoms with Gasteiger partial charge in [-0.1, -0.05) is 15.9 Å². The van der Waals surface area contributed by atoms with Crippen molar-refractivity contribution < 1.29 is 14.3 Å². The summed E-state index contributed by atoms with van der Waals surface area (Å²) in [7, 11) is 0. The molecular formula is C13H16BrNO3. The third-order valence-electron chi connectivity index (χ3n) is 2.71. The Labute approximate surface area is 115 Å². The minimum Gasteiger partial charge on any atom is -0.492 e. The Kier molecular flexibility index (Phi) is 5.01. The molecule has 18 heavy (non-hydrogen) atoms. The maximum atomic E-state index is 11.6. The van der Waals surface area contributed by atoms with Gasteiger partial charge < -0.3 is 14.8 Å². The van der Waals surface area contributed by atoms with Crippen LogP contribution in [0.3, 0.4) is 0 Å². The van der Waals surface area contributed by atoms with Crippen LogP contribution >= 0.6 is 15.9 Å². The van der Waals surface area contributed by atoms with E-state index in [1.54, 1.807) is 0 Å².